The number of carbonyl (C=O) groups excluding carboxylic acids is 1. The van der Waals surface area contributed by atoms with Gasteiger partial charge in [-0.15, -0.1) is 11.6 Å². The molecule has 0 aromatic heterocycles. The topological polar surface area (TPSA) is 29.5 Å². The first-order chi connectivity index (χ1) is 7.78. The van der Waals surface area contributed by atoms with E-state index in [0.29, 0.717) is 12.4 Å². The summed E-state index contributed by atoms with van der Waals surface area (Å²) in [6.45, 7) is 2.47. The van der Waals surface area contributed by atoms with Gasteiger partial charge in [0.1, 0.15) is 6.61 Å². The highest BCUT2D eigenvalue weighted by Crippen LogP contribution is 2.14. The Kier molecular flexibility index (Phi) is 7.54. The van der Waals surface area contributed by atoms with Crippen LogP contribution in [0.25, 0.3) is 0 Å². The van der Waals surface area contributed by atoms with Crippen molar-refractivity contribution in [3.05, 3.63) is 0 Å². The third-order valence-corrected chi connectivity index (χ3v) is 2.16. The molecule has 1 amide bonds. The van der Waals surface area contributed by atoms with Crippen LogP contribution in [0.1, 0.15) is 20.3 Å². The molecule has 0 fully saturated rings. The second kappa shape index (κ2) is 7.76. The van der Waals surface area contributed by atoms with E-state index >= 15 is 0 Å². The molecule has 0 unspecified atom stereocenters. The molecule has 0 aliphatic rings. The van der Waals surface area contributed by atoms with Crippen molar-refractivity contribution in [2.45, 2.75) is 32.5 Å². The van der Waals surface area contributed by atoms with Crippen LogP contribution in [0.2, 0.25) is 0 Å². The number of amides is 1. The lowest BCUT2D eigenvalue weighted by molar-refractivity contribution is -0.175. The third kappa shape index (κ3) is 8.26. The predicted molar refractivity (Wildman–Crippen MR) is 59.1 cm³/mol. The minimum atomic E-state index is -4.35. The fourth-order valence-corrected chi connectivity index (χ4v) is 1.44. The Labute approximate surface area is 104 Å². The van der Waals surface area contributed by atoms with Gasteiger partial charge in [0.25, 0.3) is 0 Å². The second-order valence-corrected chi connectivity index (χ2v) is 4.17. The van der Waals surface area contributed by atoms with Gasteiger partial charge in [-0.2, -0.15) is 13.2 Å². The fourth-order valence-electron chi connectivity index (χ4n) is 1.25. The normalized spacial score (nSPS) is 11.9. The second-order valence-electron chi connectivity index (χ2n) is 3.79. The van der Waals surface area contributed by atoms with Crippen LogP contribution in [0, 0.1) is 0 Å². The molecule has 0 aromatic rings. The Morgan fingerprint density at radius 1 is 1.41 bits per heavy atom. The highest BCUT2D eigenvalue weighted by atomic mass is 35.5. The van der Waals surface area contributed by atoms with Crippen molar-refractivity contribution in [2.24, 2.45) is 0 Å². The molecule has 0 aliphatic carbocycles. The molecule has 0 spiro atoms. The lowest BCUT2D eigenvalue weighted by Gasteiger charge is -2.25. The van der Waals surface area contributed by atoms with Gasteiger partial charge in [-0.3, -0.25) is 4.79 Å². The maximum Gasteiger partial charge on any atom is 0.411 e. The highest BCUT2D eigenvalue weighted by Gasteiger charge is 2.27. The summed E-state index contributed by atoms with van der Waals surface area (Å²) >= 11 is 5.53. The summed E-state index contributed by atoms with van der Waals surface area (Å²) in [5, 5.41) is 0. The number of rotatable bonds is 7. The van der Waals surface area contributed by atoms with Crippen molar-refractivity contribution in [3.63, 3.8) is 0 Å². The molecule has 0 aromatic carbocycles. The van der Waals surface area contributed by atoms with Crippen LogP contribution in [-0.4, -0.2) is 48.7 Å². The van der Waals surface area contributed by atoms with Crippen molar-refractivity contribution in [1.29, 1.82) is 0 Å². The summed E-state index contributed by atoms with van der Waals surface area (Å²) in [7, 11) is 0. The molecule has 3 nitrogen and oxygen atoms in total. The molecule has 0 atom stereocenters. The minimum Gasteiger partial charge on any atom is -0.372 e. The number of nitrogens with zero attached hydrogens (tertiary/aromatic N) is 1. The van der Waals surface area contributed by atoms with Crippen molar-refractivity contribution in [2.75, 3.05) is 25.6 Å². The molecule has 0 heterocycles. The van der Waals surface area contributed by atoms with E-state index in [1.165, 1.54) is 4.90 Å². The van der Waals surface area contributed by atoms with Crippen LogP contribution in [0.5, 0.6) is 0 Å². The van der Waals surface area contributed by atoms with E-state index in [4.69, 9.17) is 11.6 Å². The summed E-state index contributed by atoms with van der Waals surface area (Å²) in [5.41, 5.74) is 0. The van der Waals surface area contributed by atoms with Gasteiger partial charge in [0, 0.05) is 18.5 Å². The zero-order chi connectivity index (χ0) is 13.5. The van der Waals surface area contributed by atoms with Crippen molar-refractivity contribution in [1.82, 2.24) is 4.90 Å². The van der Waals surface area contributed by atoms with E-state index < -0.39 is 12.8 Å². The number of ether oxygens (including phenoxy) is 1. The first kappa shape index (κ1) is 16.5. The molecular formula is C10H17ClF3NO2. The minimum absolute atomic E-state index is 0.0242. The monoisotopic (exact) mass is 275 g/mol. The summed E-state index contributed by atoms with van der Waals surface area (Å²) in [4.78, 5) is 13.1. The van der Waals surface area contributed by atoms with Crippen molar-refractivity contribution >= 4 is 17.5 Å². The van der Waals surface area contributed by atoms with Crippen LogP contribution < -0.4 is 0 Å². The number of alkyl halides is 4. The molecule has 0 radical (unpaired) electrons. The third-order valence-electron chi connectivity index (χ3n) is 2.00. The van der Waals surface area contributed by atoms with E-state index in [2.05, 4.69) is 4.74 Å². The zero-order valence-corrected chi connectivity index (χ0v) is 10.6. The highest BCUT2D eigenvalue weighted by molar-refractivity contribution is 6.18. The summed E-state index contributed by atoms with van der Waals surface area (Å²) in [5.74, 6) is 0.0516. The fraction of sp³-hybridized carbons (Fsp3) is 0.900. The average molecular weight is 276 g/mol. The van der Waals surface area contributed by atoms with Crippen molar-refractivity contribution < 1.29 is 22.7 Å². The maximum atomic E-state index is 11.7. The van der Waals surface area contributed by atoms with E-state index in [9.17, 15) is 18.0 Å². The molecule has 7 heteroatoms. The smallest absolute Gasteiger partial charge is 0.372 e. The van der Waals surface area contributed by atoms with Gasteiger partial charge in [-0.05, 0) is 13.8 Å². The van der Waals surface area contributed by atoms with Crippen LogP contribution in [0.3, 0.4) is 0 Å². The summed E-state index contributed by atoms with van der Waals surface area (Å²) in [6, 6.07) is -0.0242. The molecule has 0 bridgehead atoms. The lowest BCUT2D eigenvalue weighted by Crippen LogP contribution is -2.38. The molecule has 0 saturated carbocycles. The van der Waals surface area contributed by atoms with Crippen LogP contribution in [0.15, 0.2) is 0 Å². The quantitative estimate of drug-likeness (QED) is 0.528. The predicted octanol–water partition coefficient (Wildman–Crippen LogP) is 2.43. The standard InChI is InChI=1S/C10H17ClF3NO2/c1-8(2)15(5-4-11)9(16)3-6-17-7-10(12,13)14/h8H,3-7H2,1-2H3. The number of halogens is 4. The Morgan fingerprint density at radius 2 is 2.00 bits per heavy atom. The Hall–Kier alpha value is -0.490. The first-order valence-corrected chi connectivity index (χ1v) is 5.81. The number of hydrogen-bond donors (Lipinski definition) is 0. The Bertz CT molecular complexity index is 234. The van der Waals surface area contributed by atoms with Crippen LogP contribution in [-0.2, 0) is 9.53 Å². The molecule has 0 N–H and O–H groups in total. The van der Waals surface area contributed by atoms with Crippen LogP contribution >= 0.6 is 11.6 Å². The average Bonchev–Trinajstić information content (AvgIpc) is 2.18. The van der Waals surface area contributed by atoms with Gasteiger partial charge in [-0.25, -0.2) is 0 Å². The number of carbonyl (C=O) groups is 1. The van der Waals surface area contributed by atoms with Crippen LogP contribution in [0.4, 0.5) is 13.2 Å². The first-order valence-electron chi connectivity index (χ1n) is 5.28. The molecule has 17 heavy (non-hydrogen) atoms. The van der Waals surface area contributed by atoms with Gasteiger partial charge >= 0.3 is 6.18 Å². The van der Waals surface area contributed by atoms with Gasteiger partial charge in [0.2, 0.25) is 5.91 Å². The summed E-state index contributed by atoms with van der Waals surface area (Å²) in [6.07, 6.45) is -4.41. The van der Waals surface area contributed by atoms with Gasteiger partial charge in [0.15, 0.2) is 0 Å². The molecule has 0 saturated heterocycles. The van der Waals surface area contributed by atoms with Gasteiger partial charge in [-0.1, -0.05) is 0 Å². The zero-order valence-electron chi connectivity index (χ0n) is 9.89. The maximum absolute atomic E-state index is 11.7. The summed E-state index contributed by atoms with van der Waals surface area (Å²) < 4.78 is 39.6. The Balaban J connectivity index is 3.91. The SMILES string of the molecule is CC(C)N(CCCl)C(=O)CCOCC(F)(F)F. The van der Waals surface area contributed by atoms with E-state index in [0.717, 1.165) is 0 Å². The molecular weight excluding hydrogens is 259 g/mol. The number of hydrogen-bond acceptors (Lipinski definition) is 2. The van der Waals surface area contributed by atoms with Gasteiger partial charge in [0.05, 0.1) is 13.0 Å². The van der Waals surface area contributed by atoms with E-state index in [-0.39, 0.29) is 25.0 Å². The van der Waals surface area contributed by atoms with Gasteiger partial charge < -0.3 is 9.64 Å². The Morgan fingerprint density at radius 3 is 2.41 bits per heavy atom. The van der Waals surface area contributed by atoms with Crippen molar-refractivity contribution in [3.8, 4) is 0 Å². The van der Waals surface area contributed by atoms with E-state index in [1.807, 2.05) is 13.8 Å². The molecule has 102 valence electrons. The largest absolute Gasteiger partial charge is 0.411 e. The lowest BCUT2D eigenvalue weighted by atomic mass is 10.3. The molecule has 0 aliphatic heterocycles. The van der Waals surface area contributed by atoms with E-state index in [1.54, 1.807) is 0 Å². The molecule has 0 rings (SSSR count).